The lowest BCUT2D eigenvalue weighted by Gasteiger charge is -2.23. The summed E-state index contributed by atoms with van der Waals surface area (Å²) in [5.41, 5.74) is 1.52. The summed E-state index contributed by atoms with van der Waals surface area (Å²) >= 11 is 0. The Morgan fingerprint density at radius 1 is 1.43 bits per heavy atom. The highest BCUT2D eigenvalue weighted by atomic mass is 32.2. The van der Waals surface area contributed by atoms with Crippen molar-refractivity contribution in [1.82, 2.24) is 19.9 Å². The first kappa shape index (κ1) is 14.0. The number of para-hydroxylation sites is 1. The lowest BCUT2D eigenvalue weighted by molar-refractivity contribution is -0.132. The van der Waals surface area contributed by atoms with Crippen LogP contribution >= 0.6 is 0 Å². The molecule has 2 aromatic rings. The highest BCUT2D eigenvalue weighted by Crippen LogP contribution is 2.17. The molecule has 1 aliphatic heterocycles. The van der Waals surface area contributed by atoms with Gasteiger partial charge in [-0.3, -0.25) is 4.79 Å². The van der Waals surface area contributed by atoms with Crippen LogP contribution in [0.5, 0.6) is 0 Å². The standard InChI is InChI=1S/C13H16N4O3S/c1-16(10-6-7-21(19,20)9-10)13(18)8-17-12-5-3-2-4-11(12)14-15-17/h2-5,10H,6-9H2,1H3/t10-/m0/s1. The molecule has 1 saturated heterocycles. The molecule has 1 amide bonds. The van der Waals surface area contributed by atoms with Gasteiger partial charge in [0.05, 0.1) is 17.0 Å². The molecule has 1 aromatic heterocycles. The van der Waals surface area contributed by atoms with Gasteiger partial charge in [-0.15, -0.1) is 5.10 Å². The molecular formula is C13H16N4O3S. The molecule has 0 N–H and O–H groups in total. The normalized spacial score (nSPS) is 20.7. The third-order valence-electron chi connectivity index (χ3n) is 3.85. The fourth-order valence-corrected chi connectivity index (χ4v) is 4.33. The van der Waals surface area contributed by atoms with E-state index in [1.54, 1.807) is 7.05 Å². The summed E-state index contributed by atoms with van der Waals surface area (Å²) in [5.74, 6) is 0.0438. The van der Waals surface area contributed by atoms with Crippen LogP contribution in [0, 0.1) is 0 Å². The van der Waals surface area contributed by atoms with Gasteiger partial charge < -0.3 is 4.90 Å². The first-order valence-electron chi connectivity index (χ1n) is 6.70. The minimum Gasteiger partial charge on any atom is -0.340 e. The lowest BCUT2D eigenvalue weighted by atomic mass is 10.2. The van der Waals surface area contributed by atoms with Crippen LogP contribution in [0.4, 0.5) is 0 Å². The van der Waals surface area contributed by atoms with E-state index in [-0.39, 0.29) is 30.0 Å². The van der Waals surface area contributed by atoms with E-state index in [0.29, 0.717) is 6.42 Å². The largest absolute Gasteiger partial charge is 0.340 e. The summed E-state index contributed by atoms with van der Waals surface area (Å²) < 4.78 is 24.5. The zero-order chi connectivity index (χ0) is 15.0. The number of carbonyl (C=O) groups excluding carboxylic acids is 1. The molecule has 0 spiro atoms. The lowest BCUT2D eigenvalue weighted by Crippen LogP contribution is -2.39. The maximum atomic E-state index is 12.3. The van der Waals surface area contributed by atoms with Gasteiger partial charge in [-0.05, 0) is 18.6 Å². The van der Waals surface area contributed by atoms with E-state index < -0.39 is 9.84 Å². The second-order valence-electron chi connectivity index (χ2n) is 5.30. The van der Waals surface area contributed by atoms with Gasteiger partial charge in [-0.1, -0.05) is 17.3 Å². The average Bonchev–Trinajstić information content (AvgIpc) is 3.02. The predicted molar refractivity (Wildman–Crippen MR) is 77.4 cm³/mol. The van der Waals surface area contributed by atoms with E-state index in [9.17, 15) is 13.2 Å². The van der Waals surface area contributed by atoms with Crippen molar-refractivity contribution in [3.8, 4) is 0 Å². The van der Waals surface area contributed by atoms with Crippen LogP contribution in [-0.2, 0) is 21.2 Å². The molecule has 1 atom stereocenters. The average molecular weight is 308 g/mol. The van der Waals surface area contributed by atoms with Crippen LogP contribution in [0.15, 0.2) is 24.3 Å². The minimum absolute atomic E-state index is 0.0490. The van der Waals surface area contributed by atoms with Gasteiger partial charge in [0.25, 0.3) is 0 Å². The molecule has 1 fully saturated rings. The zero-order valence-corrected chi connectivity index (χ0v) is 12.5. The van der Waals surface area contributed by atoms with Crippen LogP contribution in [0.3, 0.4) is 0 Å². The summed E-state index contributed by atoms with van der Waals surface area (Å²) in [6.07, 6.45) is 0.503. The molecule has 1 aromatic carbocycles. The Labute approximate surface area is 122 Å². The number of hydrogen-bond donors (Lipinski definition) is 0. The number of benzene rings is 1. The number of nitrogens with zero attached hydrogens (tertiary/aromatic N) is 4. The Balaban J connectivity index is 1.74. The van der Waals surface area contributed by atoms with Crippen LogP contribution in [0.2, 0.25) is 0 Å². The van der Waals surface area contributed by atoms with Crippen LogP contribution < -0.4 is 0 Å². The van der Waals surface area contributed by atoms with Gasteiger partial charge in [0, 0.05) is 13.1 Å². The number of likely N-dealkylation sites (N-methyl/N-ethyl adjacent to an activating group) is 1. The van der Waals surface area contributed by atoms with E-state index in [1.807, 2.05) is 24.3 Å². The van der Waals surface area contributed by atoms with Gasteiger partial charge in [0.2, 0.25) is 5.91 Å². The van der Waals surface area contributed by atoms with Crippen LogP contribution in [0.25, 0.3) is 11.0 Å². The van der Waals surface area contributed by atoms with Crippen molar-refractivity contribution >= 4 is 26.8 Å². The third-order valence-corrected chi connectivity index (χ3v) is 5.61. The number of rotatable bonds is 3. The third kappa shape index (κ3) is 2.76. The second kappa shape index (κ2) is 5.10. The van der Waals surface area contributed by atoms with E-state index in [0.717, 1.165) is 11.0 Å². The highest BCUT2D eigenvalue weighted by molar-refractivity contribution is 7.91. The van der Waals surface area contributed by atoms with Gasteiger partial charge in [-0.25, -0.2) is 13.1 Å². The van der Waals surface area contributed by atoms with Crippen molar-refractivity contribution in [3.05, 3.63) is 24.3 Å². The van der Waals surface area contributed by atoms with Crippen molar-refractivity contribution in [2.75, 3.05) is 18.6 Å². The molecule has 2 heterocycles. The monoisotopic (exact) mass is 308 g/mol. The molecule has 0 saturated carbocycles. The van der Waals surface area contributed by atoms with Gasteiger partial charge in [0.1, 0.15) is 12.1 Å². The maximum absolute atomic E-state index is 12.3. The molecule has 1 aliphatic rings. The molecule has 0 radical (unpaired) electrons. The Hall–Kier alpha value is -1.96. The van der Waals surface area contributed by atoms with Crippen LogP contribution in [0.1, 0.15) is 6.42 Å². The summed E-state index contributed by atoms with van der Waals surface area (Å²) in [4.78, 5) is 13.8. The van der Waals surface area contributed by atoms with Crippen molar-refractivity contribution in [2.24, 2.45) is 0 Å². The van der Waals surface area contributed by atoms with Crippen molar-refractivity contribution in [2.45, 2.75) is 19.0 Å². The number of hydrogen-bond acceptors (Lipinski definition) is 5. The predicted octanol–water partition coefficient (Wildman–Crippen LogP) is 0.0768. The smallest absolute Gasteiger partial charge is 0.244 e. The highest BCUT2D eigenvalue weighted by Gasteiger charge is 2.32. The summed E-state index contributed by atoms with van der Waals surface area (Å²) in [6, 6.07) is 7.16. The molecule has 0 aliphatic carbocycles. The van der Waals surface area contributed by atoms with Gasteiger partial charge in [-0.2, -0.15) is 0 Å². The van der Waals surface area contributed by atoms with Crippen molar-refractivity contribution in [1.29, 1.82) is 0 Å². The van der Waals surface area contributed by atoms with E-state index in [1.165, 1.54) is 9.58 Å². The van der Waals surface area contributed by atoms with Crippen molar-refractivity contribution < 1.29 is 13.2 Å². The summed E-state index contributed by atoms with van der Waals surface area (Å²) in [7, 11) is -1.35. The van der Waals surface area contributed by atoms with Crippen molar-refractivity contribution in [3.63, 3.8) is 0 Å². The van der Waals surface area contributed by atoms with E-state index in [2.05, 4.69) is 10.3 Å². The SMILES string of the molecule is CN(C(=O)Cn1nnc2ccccc21)[C@H]1CCS(=O)(=O)C1. The number of fused-ring (bicyclic) bond motifs is 1. The fraction of sp³-hybridized carbons (Fsp3) is 0.462. The molecule has 0 bridgehead atoms. The van der Waals surface area contributed by atoms with E-state index in [4.69, 9.17) is 0 Å². The Kier molecular flexibility index (Phi) is 3.40. The molecule has 0 unspecified atom stereocenters. The van der Waals surface area contributed by atoms with E-state index >= 15 is 0 Å². The number of sulfone groups is 1. The fourth-order valence-electron chi connectivity index (χ4n) is 2.56. The topological polar surface area (TPSA) is 85.2 Å². The number of amides is 1. The molecular weight excluding hydrogens is 292 g/mol. The maximum Gasteiger partial charge on any atom is 0.244 e. The number of carbonyl (C=O) groups is 1. The first-order valence-corrected chi connectivity index (χ1v) is 8.53. The summed E-state index contributed by atoms with van der Waals surface area (Å²) in [5, 5.41) is 7.97. The Morgan fingerprint density at radius 3 is 2.90 bits per heavy atom. The molecule has 8 heteroatoms. The summed E-state index contributed by atoms with van der Waals surface area (Å²) in [6.45, 7) is 0.0631. The first-order chi connectivity index (χ1) is 9.96. The van der Waals surface area contributed by atoms with Gasteiger partial charge >= 0.3 is 0 Å². The zero-order valence-electron chi connectivity index (χ0n) is 11.6. The Morgan fingerprint density at radius 2 is 2.19 bits per heavy atom. The second-order valence-corrected chi connectivity index (χ2v) is 7.53. The molecule has 7 nitrogen and oxygen atoms in total. The molecule has 21 heavy (non-hydrogen) atoms. The minimum atomic E-state index is -3.00. The van der Waals surface area contributed by atoms with Crippen LogP contribution in [-0.4, -0.2) is 58.8 Å². The molecule has 112 valence electrons. The number of aromatic nitrogens is 3. The Bertz CT molecular complexity index is 784. The quantitative estimate of drug-likeness (QED) is 0.801. The van der Waals surface area contributed by atoms with Gasteiger partial charge in [0.15, 0.2) is 9.84 Å². The molecule has 3 rings (SSSR count).